The van der Waals surface area contributed by atoms with Crippen molar-refractivity contribution in [3.05, 3.63) is 0 Å². The topological polar surface area (TPSA) is 93.8 Å². The van der Waals surface area contributed by atoms with Crippen molar-refractivity contribution >= 4 is 17.6 Å². The van der Waals surface area contributed by atoms with Gasteiger partial charge in [-0.15, -0.1) is 0 Å². The Morgan fingerprint density at radius 3 is 1.88 bits per heavy atom. The van der Waals surface area contributed by atoms with Crippen LogP contribution < -0.4 is 16.0 Å². The molecule has 1 aliphatic rings. The van der Waals surface area contributed by atoms with Gasteiger partial charge in [-0.2, -0.15) is 0 Å². The van der Waals surface area contributed by atoms with Gasteiger partial charge in [-0.1, -0.05) is 48.5 Å². The minimum absolute atomic E-state index is 0.0410. The molecule has 202 valence electrons. The Hall–Kier alpha value is -1.51. The van der Waals surface area contributed by atoms with E-state index in [-0.39, 0.29) is 29.6 Å². The van der Waals surface area contributed by atoms with E-state index in [2.05, 4.69) is 39.6 Å². The van der Waals surface area contributed by atoms with E-state index in [1.807, 2.05) is 34.6 Å². The number of hydrogen-bond donors (Lipinski definition) is 3. The van der Waals surface area contributed by atoms with Crippen molar-refractivity contribution in [1.82, 2.24) is 25.8 Å². The lowest BCUT2D eigenvalue weighted by Gasteiger charge is -2.34. The molecule has 2 unspecified atom stereocenters. The van der Waals surface area contributed by atoms with Crippen molar-refractivity contribution in [3.63, 3.8) is 0 Å². The first kappa shape index (κ1) is 34.7. The van der Waals surface area contributed by atoms with E-state index in [1.165, 1.54) is 0 Å². The molecule has 0 radical (unpaired) electrons. The Bertz CT molecular complexity index is 535. The van der Waals surface area contributed by atoms with Gasteiger partial charge in [-0.25, -0.2) is 0 Å². The van der Waals surface area contributed by atoms with Crippen molar-refractivity contribution in [3.8, 4) is 0 Å². The van der Waals surface area contributed by atoms with Crippen LogP contribution in [-0.4, -0.2) is 92.8 Å². The van der Waals surface area contributed by atoms with Crippen LogP contribution in [0, 0.1) is 11.8 Å². The van der Waals surface area contributed by atoms with E-state index >= 15 is 0 Å². The van der Waals surface area contributed by atoms with E-state index in [1.54, 1.807) is 14.0 Å². The van der Waals surface area contributed by atoms with Crippen LogP contribution in [-0.2, 0) is 14.4 Å². The highest BCUT2D eigenvalue weighted by atomic mass is 16.2. The fourth-order valence-electron chi connectivity index (χ4n) is 3.48. The summed E-state index contributed by atoms with van der Waals surface area (Å²) in [6.07, 6.45) is 2.60. The average molecular weight is 486 g/mol. The monoisotopic (exact) mass is 485 g/mol. The van der Waals surface area contributed by atoms with E-state index in [9.17, 15) is 14.4 Å². The highest BCUT2D eigenvalue weighted by Gasteiger charge is 2.20. The van der Waals surface area contributed by atoms with Gasteiger partial charge in [-0.05, 0) is 39.2 Å². The number of carbonyl (C=O) groups excluding carboxylic acids is 3. The van der Waals surface area contributed by atoms with Crippen molar-refractivity contribution in [2.45, 2.75) is 80.7 Å². The Labute approximate surface area is 210 Å². The van der Waals surface area contributed by atoms with Gasteiger partial charge in [0, 0.05) is 51.7 Å². The van der Waals surface area contributed by atoms with Crippen LogP contribution >= 0.6 is 0 Å². The Balaban J connectivity index is 0. The lowest BCUT2D eigenvalue weighted by Crippen LogP contribution is -2.51. The SMILES string of the molecule is CC.CC.CNC(CCCCNC(=O)CN1CCN(CCNC(=O)C(C)C(C)C)CC1)C(C)=O. The van der Waals surface area contributed by atoms with Gasteiger partial charge in [0.1, 0.15) is 5.78 Å². The maximum absolute atomic E-state index is 12.1. The molecule has 2 amide bonds. The standard InChI is InChI=1S/C22H43N5O3.2C2H6/c1-17(2)18(3)22(30)25-10-11-26-12-14-27(15-13-26)16-21(29)24-9-7-6-8-20(23-5)19(4)28;2*1-2/h17-18,20,23H,6-16H2,1-5H3,(H,24,29)(H,25,30);2*1-2H3. The minimum atomic E-state index is -0.0797. The summed E-state index contributed by atoms with van der Waals surface area (Å²) in [7, 11) is 1.80. The summed E-state index contributed by atoms with van der Waals surface area (Å²) >= 11 is 0. The molecule has 0 aliphatic carbocycles. The second-order valence-electron chi connectivity index (χ2n) is 8.74. The number of likely N-dealkylation sites (N-methyl/N-ethyl adjacent to an activating group) is 1. The Morgan fingerprint density at radius 2 is 1.38 bits per heavy atom. The zero-order valence-electron chi connectivity index (χ0n) is 23.6. The smallest absolute Gasteiger partial charge is 0.234 e. The van der Waals surface area contributed by atoms with Gasteiger partial charge in [0.25, 0.3) is 0 Å². The molecule has 0 bridgehead atoms. The molecule has 0 aromatic carbocycles. The minimum Gasteiger partial charge on any atom is -0.355 e. The maximum Gasteiger partial charge on any atom is 0.234 e. The molecule has 8 nitrogen and oxygen atoms in total. The number of nitrogens with zero attached hydrogens (tertiary/aromatic N) is 2. The molecule has 1 rings (SSSR count). The predicted octanol–water partition coefficient (Wildman–Crippen LogP) is 2.53. The van der Waals surface area contributed by atoms with Gasteiger partial charge in [0.05, 0.1) is 12.6 Å². The molecular formula is C26H55N5O3. The fourth-order valence-corrected chi connectivity index (χ4v) is 3.48. The Kier molecular flexibility index (Phi) is 22.4. The summed E-state index contributed by atoms with van der Waals surface area (Å²) in [5, 5.41) is 9.02. The molecule has 1 aliphatic heterocycles. The summed E-state index contributed by atoms with van der Waals surface area (Å²) in [6.45, 7) is 21.9. The van der Waals surface area contributed by atoms with Crippen LogP contribution in [0.2, 0.25) is 0 Å². The molecule has 1 saturated heterocycles. The zero-order chi connectivity index (χ0) is 26.5. The predicted molar refractivity (Wildman–Crippen MR) is 143 cm³/mol. The van der Waals surface area contributed by atoms with Crippen molar-refractivity contribution in [1.29, 1.82) is 0 Å². The van der Waals surface area contributed by atoms with Crippen LogP contribution in [0.3, 0.4) is 0 Å². The van der Waals surface area contributed by atoms with Crippen LogP contribution in [0.15, 0.2) is 0 Å². The second kappa shape index (κ2) is 22.0. The summed E-state index contributed by atoms with van der Waals surface area (Å²) in [5.41, 5.74) is 0. The highest BCUT2D eigenvalue weighted by Crippen LogP contribution is 2.09. The fraction of sp³-hybridized carbons (Fsp3) is 0.885. The van der Waals surface area contributed by atoms with Crippen LogP contribution in [0.25, 0.3) is 0 Å². The molecule has 0 aromatic rings. The quantitative estimate of drug-likeness (QED) is 0.327. The molecule has 0 aromatic heterocycles. The second-order valence-corrected chi connectivity index (χ2v) is 8.74. The van der Waals surface area contributed by atoms with E-state index in [0.29, 0.717) is 25.6 Å². The largest absolute Gasteiger partial charge is 0.355 e. The number of Topliss-reactive ketones (excluding diaryl/α,β-unsaturated/α-hetero) is 1. The number of rotatable bonds is 14. The third-order valence-electron chi connectivity index (χ3n) is 6.05. The number of ketones is 1. The van der Waals surface area contributed by atoms with Crippen molar-refractivity contribution in [2.75, 3.05) is 59.4 Å². The normalized spacial score (nSPS) is 15.8. The van der Waals surface area contributed by atoms with Gasteiger partial charge < -0.3 is 16.0 Å². The van der Waals surface area contributed by atoms with E-state index in [4.69, 9.17) is 0 Å². The van der Waals surface area contributed by atoms with E-state index < -0.39 is 0 Å². The summed E-state index contributed by atoms with van der Waals surface area (Å²) in [6, 6.07) is -0.0797. The molecule has 1 heterocycles. The molecule has 1 fully saturated rings. The maximum atomic E-state index is 12.1. The third-order valence-corrected chi connectivity index (χ3v) is 6.05. The van der Waals surface area contributed by atoms with E-state index in [0.717, 1.165) is 52.0 Å². The summed E-state index contributed by atoms with van der Waals surface area (Å²) in [4.78, 5) is 40.0. The number of piperazine rings is 1. The molecular weight excluding hydrogens is 430 g/mol. The van der Waals surface area contributed by atoms with Crippen LogP contribution in [0.4, 0.5) is 0 Å². The molecule has 0 saturated carbocycles. The number of unbranched alkanes of at least 4 members (excludes halogenated alkanes) is 1. The van der Waals surface area contributed by atoms with Gasteiger partial charge in [-0.3, -0.25) is 24.2 Å². The first-order valence-electron chi connectivity index (χ1n) is 13.4. The van der Waals surface area contributed by atoms with Crippen molar-refractivity contribution in [2.24, 2.45) is 11.8 Å². The van der Waals surface area contributed by atoms with Crippen LogP contribution in [0.5, 0.6) is 0 Å². The highest BCUT2D eigenvalue weighted by molar-refractivity contribution is 5.81. The van der Waals surface area contributed by atoms with Gasteiger partial charge >= 0.3 is 0 Å². The van der Waals surface area contributed by atoms with Gasteiger partial charge in [0.2, 0.25) is 11.8 Å². The summed E-state index contributed by atoms with van der Waals surface area (Å²) < 4.78 is 0. The number of carbonyl (C=O) groups is 3. The molecule has 3 N–H and O–H groups in total. The number of nitrogens with one attached hydrogen (secondary N) is 3. The van der Waals surface area contributed by atoms with Gasteiger partial charge in [0.15, 0.2) is 0 Å². The Morgan fingerprint density at radius 1 is 0.824 bits per heavy atom. The first-order valence-corrected chi connectivity index (χ1v) is 13.4. The first-order chi connectivity index (χ1) is 16.2. The van der Waals surface area contributed by atoms with Crippen LogP contribution in [0.1, 0.15) is 74.7 Å². The number of amides is 2. The number of hydrogen-bond acceptors (Lipinski definition) is 6. The third kappa shape index (κ3) is 16.2. The average Bonchev–Trinajstić information content (AvgIpc) is 2.84. The molecule has 34 heavy (non-hydrogen) atoms. The summed E-state index contributed by atoms with van der Waals surface area (Å²) in [5.74, 6) is 0.746. The van der Waals surface area contributed by atoms with Crippen molar-refractivity contribution < 1.29 is 14.4 Å². The lowest BCUT2D eigenvalue weighted by molar-refractivity contribution is -0.126. The molecule has 2 atom stereocenters. The molecule has 8 heteroatoms. The molecule has 0 spiro atoms. The zero-order valence-corrected chi connectivity index (χ0v) is 23.6. The lowest BCUT2D eigenvalue weighted by atomic mass is 9.97.